The maximum absolute atomic E-state index is 13.4. The molecule has 1 heterocycles. The predicted octanol–water partition coefficient (Wildman–Crippen LogP) is 0.158. The number of fused-ring (bicyclic) bond motifs is 2. The van der Waals surface area contributed by atoms with Crippen LogP contribution in [0.2, 0.25) is 0 Å². The molecule has 4 rings (SSSR count). The Balaban J connectivity index is 1.59. The largest absolute Gasteiger partial charge is 0.446 e. The molecule has 0 spiro atoms. The molecule has 0 bridgehead atoms. The molecule has 0 saturated heterocycles. The molecule has 11 nitrogen and oxygen atoms in total. The molecule has 5 atom stereocenters. The highest BCUT2D eigenvalue weighted by molar-refractivity contribution is 7.91. The molecule has 4 N–H and O–H groups in total. The van der Waals surface area contributed by atoms with Gasteiger partial charge in [0.25, 0.3) is 5.91 Å². The van der Waals surface area contributed by atoms with Gasteiger partial charge in [0.1, 0.15) is 11.6 Å². The average molecular weight is 497 g/mol. The minimum atomic E-state index is -3.79. The smallest absolute Gasteiger partial charge is 0.404 e. The number of sulfonamides is 1. The van der Waals surface area contributed by atoms with Gasteiger partial charge in [0, 0.05) is 19.5 Å². The van der Waals surface area contributed by atoms with Crippen molar-refractivity contribution < 1.29 is 32.3 Å². The van der Waals surface area contributed by atoms with E-state index < -0.39 is 56.7 Å². The van der Waals surface area contributed by atoms with Gasteiger partial charge in [-0.25, -0.2) is 13.2 Å². The van der Waals surface area contributed by atoms with E-state index in [1.54, 1.807) is 11.9 Å². The highest BCUT2D eigenvalue weighted by Gasteiger charge is 2.62. The maximum atomic E-state index is 13.4. The van der Waals surface area contributed by atoms with Gasteiger partial charge < -0.3 is 20.7 Å². The van der Waals surface area contributed by atoms with Crippen LogP contribution in [0.15, 0.2) is 12.2 Å². The van der Waals surface area contributed by atoms with Gasteiger partial charge in [-0.3, -0.25) is 19.1 Å². The van der Waals surface area contributed by atoms with Crippen molar-refractivity contribution in [2.45, 2.75) is 68.3 Å². The van der Waals surface area contributed by atoms with Gasteiger partial charge in [-0.15, -0.1) is 0 Å². The molecule has 3 fully saturated rings. The van der Waals surface area contributed by atoms with E-state index in [1.165, 1.54) is 0 Å². The third kappa shape index (κ3) is 5.06. The number of ether oxygens (including phenoxy) is 1. The standard InChI is InChI=1S/C22H32N4O7S/c1-26-9-5-3-2-4-6-13-12-22(13,20(29)25-34(31,32)15-7-8-15)24-18(27)16-10-14(33-21(23)30)11-17(16)19(26)28/h4,6,13-17H,2-3,5,7-12H2,1H3,(H2,23,30)(H,24,27)(H,25,29)/b6-4-. The summed E-state index contributed by atoms with van der Waals surface area (Å²) in [7, 11) is -2.11. The van der Waals surface area contributed by atoms with Gasteiger partial charge >= 0.3 is 6.09 Å². The van der Waals surface area contributed by atoms with E-state index in [1.807, 2.05) is 12.2 Å². The Bertz CT molecular complexity index is 1010. The van der Waals surface area contributed by atoms with Crippen LogP contribution in [0.4, 0.5) is 4.79 Å². The van der Waals surface area contributed by atoms with E-state index in [-0.39, 0.29) is 31.1 Å². The third-order valence-electron chi connectivity index (χ3n) is 7.28. The molecule has 3 saturated carbocycles. The number of carbonyl (C=O) groups excluding carboxylic acids is 4. The fraction of sp³-hybridized carbons (Fsp3) is 0.727. The monoisotopic (exact) mass is 496 g/mol. The number of hydrogen-bond acceptors (Lipinski definition) is 7. The Morgan fingerprint density at radius 3 is 2.59 bits per heavy atom. The Hall–Kier alpha value is -2.63. The van der Waals surface area contributed by atoms with Gasteiger partial charge in [-0.1, -0.05) is 12.2 Å². The van der Waals surface area contributed by atoms with Crippen LogP contribution in [0, 0.1) is 17.8 Å². The minimum Gasteiger partial charge on any atom is -0.446 e. The number of primary amides is 1. The zero-order valence-corrected chi connectivity index (χ0v) is 20.0. The Kier molecular flexibility index (Phi) is 6.63. The zero-order valence-electron chi connectivity index (χ0n) is 19.2. The van der Waals surface area contributed by atoms with Crippen molar-refractivity contribution in [3.63, 3.8) is 0 Å². The summed E-state index contributed by atoms with van der Waals surface area (Å²) in [6, 6.07) is 0. The van der Waals surface area contributed by atoms with E-state index in [9.17, 15) is 27.6 Å². The summed E-state index contributed by atoms with van der Waals surface area (Å²) >= 11 is 0. The van der Waals surface area contributed by atoms with Crippen LogP contribution in [0.5, 0.6) is 0 Å². The lowest BCUT2D eigenvalue weighted by Crippen LogP contribution is -2.54. The van der Waals surface area contributed by atoms with E-state index in [0.29, 0.717) is 19.4 Å². The maximum Gasteiger partial charge on any atom is 0.404 e. The van der Waals surface area contributed by atoms with Crippen molar-refractivity contribution in [1.29, 1.82) is 0 Å². The first-order valence-corrected chi connectivity index (χ1v) is 13.3. The van der Waals surface area contributed by atoms with Crippen molar-refractivity contribution in [3.8, 4) is 0 Å². The van der Waals surface area contributed by atoms with Crippen LogP contribution in [0.25, 0.3) is 0 Å². The Morgan fingerprint density at radius 1 is 1.21 bits per heavy atom. The van der Waals surface area contributed by atoms with Crippen LogP contribution in [0.3, 0.4) is 0 Å². The van der Waals surface area contributed by atoms with Crippen LogP contribution < -0.4 is 15.8 Å². The second kappa shape index (κ2) is 9.20. The molecule has 4 aliphatic rings. The first-order chi connectivity index (χ1) is 16.0. The Labute approximate surface area is 198 Å². The summed E-state index contributed by atoms with van der Waals surface area (Å²) < 4.78 is 32.0. The molecular formula is C22H32N4O7S. The molecule has 3 aliphatic carbocycles. The fourth-order valence-corrected chi connectivity index (χ4v) is 6.42. The van der Waals surface area contributed by atoms with Crippen LogP contribution in [0.1, 0.15) is 51.4 Å². The predicted molar refractivity (Wildman–Crippen MR) is 120 cm³/mol. The second-order valence-electron chi connectivity index (χ2n) is 9.87. The van der Waals surface area contributed by atoms with Crippen molar-refractivity contribution in [1.82, 2.24) is 14.9 Å². The third-order valence-corrected chi connectivity index (χ3v) is 9.10. The van der Waals surface area contributed by atoms with E-state index in [4.69, 9.17) is 10.5 Å². The zero-order chi connectivity index (χ0) is 24.7. The van der Waals surface area contributed by atoms with Crippen molar-refractivity contribution in [2.75, 3.05) is 13.6 Å². The summed E-state index contributed by atoms with van der Waals surface area (Å²) in [6.07, 6.45) is 6.00. The molecule has 188 valence electrons. The van der Waals surface area contributed by atoms with Gasteiger partial charge in [0.2, 0.25) is 21.8 Å². The van der Waals surface area contributed by atoms with Gasteiger partial charge in [-0.2, -0.15) is 0 Å². The van der Waals surface area contributed by atoms with E-state index >= 15 is 0 Å². The number of nitrogens with zero attached hydrogens (tertiary/aromatic N) is 1. The lowest BCUT2D eigenvalue weighted by atomic mass is 9.93. The lowest BCUT2D eigenvalue weighted by Gasteiger charge is -2.26. The number of rotatable bonds is 4. The SMILES string of the molecule is CN1CCCC/C=C\C2CC2(C(=O)NS(=O)(=O)C2CC2)NC(=O)C2CC(OC(N)=O)CC2C1=O. The Morgan fingerprint density at radius 2 is 1.91 bits per heavy atom. The number of nitrogens with two attached hydrogens (primary N) is 1. The van der Waals surface area contributed by atoms with Crippen molar-refractivity contribution >= 4 is 33.8 Å². The summed E-state index contributed by atoms with van der Waals surface area (Å²) in [5.41, 5.74) is 3.76. The summed E-state index contributed by atoms with van der Waals surface area (Å²) in [4.78, 5) is 52.5. The lowest BCUT2D eigenvalue weighted by molar-refractivity contribution is -0.140. The molecule has 0 aromatic rings. The normalized spacial score (nSPS) is 35.3. The highest BCUT2D eigenvalue weighted by Crippen LogP contribution is 2.47. The average Bonchev–Trinajstić information content (AvgIpc) is 3.67. The quantitative estimate of drug-likeness (QED) is 0.466. The number of carbonyl (C=O) groups is 4. The molecule has 0 aromatic carbocycles. The molecule has 0 aromatic heterocycles. The topological polar surface area (TPSA) is 165 Å². The van der Waals surface area contributed by atoms with E-state index in [0.717, 1.165) is 19.3 Å². The summed E-state index contributed by atoms with van der Waals surface area (Å²) in [5.74, 6) is -3.43. The number of hydrogen-bond donors (Lipinski definition) is 3. The number of allylic oxidation sites excluding steroid dienone is 1. The van der Waals surface area contributed by atoms with Crippen LogP contribution in [-0.2, 0) is 29.1 Å². The molecule has 5 unspecified atom stereocenters. The van der Waals surface area contributed by atoms with E-state index in [2.05, 4.69) is 10.0 Å². The number of amides is 4. The van der Waals surface area contributed by atoms with Gasteiger partial charge in [0.15, 0.2) is 0 Å². The van der Waals surface area contributed by atoms with Crippen molar-refractivity contribution in [3.05, 3.63) is 12.2 Å². The highest BCUT2D eigenvalue weighted by atomic mass is 32.2. The summed E-state index contributed by atoms with van der Waals surface area (Å²) in [6.45, 7) is 0.535. The summed E-state index contributed by atoms with van der Waals surface area (Å²) in [5, 5.41) is 2.20. The minimum absolute atomic E-state index is 0.0948. The first-order valence-electron chi connectivity index (χ1n) is 11.8. The second-order valence-corrected chi connectivity index (χ2v) is 11.8. The molecular weight excluding hydrogens is 464 g/mol. The fourth-order valence-electron chi connectivity index (χ4n) is 5.06. The molecule has 34 heavy (non-hydrogen) atoms. The van der Waals surface area contributed by atoms with Gasteiger partial charge in [0.05, 0.1) is 17.1 Å². The van der Waals surface area contributed by atoms with Crippen LogP contribution in [-0.4, -0.2) is 67.6 Å². The van der Waals surface area contributed by atoms with Crippen molar-refractivity contribution in [2.24, 2.45) is 23.5 Å². The molecule has 12 heteroatoms. The molecule has 4 amide bonds. The van der Waals surface area contributed by atoms with Gasteiger partial charge in [-0.05, 0) is 51.4 Å². The first kappa shape index (κ1) is 24.5. The molecule has 0 radical (unpaired) electrons. The molecule has 1 aliphatic heterocycles. The number of nitrogens with one attached hydrogen (secondary N) is 2. The van der Waals surface area contributed by atoms with Crippen LogP contribution >= 0.6 is 0 Å².